The van der Waals surface area contributed by atoms with Crippen LogP contribution in [0.2, 0.25) is 0 Å². The van der Waals surface area contributed by atoms with E-state index in [0.29, 0.717) is 30.5 Å². The molecule has 0 radical (unpaired) electrons. The second-order valence-electron chi connectivity index (χ2n) is 3.59. The average Bonchev–Trinajstić information content (AvgIpc) is 2.16. The molecular weight excluding hydrogens is 162 g/mol. The molecule has 2 atom stereocenters. The van der Waals surface area contributed by atoms with Crippen molar-refractivity contribution in [3.05, 3.63) is 12.3 Å². The van der Waals surface area contributed by atoms with Crippen molar-refractivity contribution in [2.75, 3.05) is 0 Å². The van der Waals surface area contributed by atoms with Gasteiger partial charge in [0.25, 0.3) is 0 Å². The molecule has 1 aliphatic heterocycles. The van der Waals surface area contributed by atoms with Gasteiger partial charge in [-0.3, -0.25) is 9.79 Å². The minimum atomic E-state index is 0.364. The Labute approximate surface area is 79.8 Å². The number of aliphatic imine (C=N–C) groups is 1. The summed E-state index contributed by atoms with van der Waals surface area (Å²) in [6, 6.07) is 0. The third-order valence-electron chi connectivity index (χ3n) is 2.57. The molecule has 1 unspecified atom stereocenters. The number of carbonyl (C=O) groups is 1. The number of rotatable bonds is 4. The van der Waals surface area contributed by atoms with Crippen molar-refractivity contribution < 1.29 is 4.79 Å². The molecule has 0 aromatic heterocycles. The molecule has 0 saturated heterocycles. The van der Waals surface area contributed by atoms with Gasteiger partial charge in [-0.05, 0) is 18.3 Å². The fourth-order valence-electron chi connectivity index (χ4n) is 1.50. The maximum Gasteiger partial charge on any atom is 0.132 e. The molecule has 0 aromatic rings. The van der Waals surface area contributed by atoms with Crippen LogP contribution in [0.1, 0.15) is 33.1 Å². The van der Waals surface area contributed by atoms with Crippen LogP contribution in [0.25, 0.3) is 0 Å². The standard InChI is InChI=1S/C11H17NO/c1-3-11(13)5-4-10-6-7-12-8-9(10)2/h6-10H,3-5H2,1-2H3/t9?,10-/m0/s1. The van der Waals surface area contributed by atoms with Gasteiger partial charge in [0.05, 0.1) is 0 Å². The zero-order valence-corrected chi connectivity index (χ0v) is 8.36. The summed E-state index contributed by atoms with van der Waals surface area (Å²) in [5.41, 5.74) is 0. The number of nitrogens with zero attached hydrogens (tertiary/aromatic N) is 1. The predicted octanol–water partition coefficient (Wildman–Crippen LogP) is 2.60. The normalized spacial score (nSPS) is 26.3. The number of hydrogen-bond donors (Lipinski definition) is 0. The van der Waals surface area contributed by atoms with E-state index in [2.05, 4.69) is 18.0 Å². The average molecular weight is 179 g/mol. The molecule has 2 nitrogen and oxygen atoms in total. The minimum Gasteiger partial charge on any atom is -0.300 e. The summed E-state index contributed by atoms with van der Waals surface area (Å²) in [7, 11) is 0. The van der Waals surface area contributed by atoms with Crippen LogP contribution in [-0.4, -0.2) is 12.0 Å². The first-order valence-electron chi connectivity index (χ1n) is 4.95. The van der Waals surface area contributed by atoms with Gasteiger partial charge in [0.2, 0.25) is 0 Å². The van der Waals surface area contributed by atoms with Gasteiger partial charge in [-0.25, -0.2) is 0 Å². The van der Waals surface area contributed by atoms with E-state index < -0.39 is 0 Å². The van der Waals surface area contributed by atoms with Gasteiger partial charge in [0.1, 0.15) is 5.78 Å². The molecular formula is C11H17NO. The summed E-state index contributed by atoms with van der Waals surface area (Å²) in [5.74, 6) is 1.35. The molecule has 1 rings (SSSR count). The Morgan fingerprint density at radius 3 is 2.92 bits per heavy atom. The van der Waals surface area contributed by atoms with Crippen LogP contribution in [0.15, 0.2) is 17.3 Å². The van der Waals surface area contributed by atoms with Crippen molar-refractivity contribution in [1.82, 2.24) is 0 Å². The molecule has 13 heavy (non-hydrogen) atoms. The third-order valence-corrected chi connectivity index (χ3v) is 2.57. The number of hydrogen-bond acceptors (Lipinski definition) is 2. The van der Waals surface area contributed by atoms with E-state index in [1.54, 1.807) is 0 Å². The number of allylic oxidation sites excluding steroid dienone is 1. The van der Waals surface area contributed by atoms with Gasteiger partial charge in [-0.15, -0.1) is 0 Å². The van der Waals surface area contributed by atoms with Crippen molar-refractivity contribution in [2.45, 2.75) is 33.1 Å². The summed E-state index contributed by atoms with van der Waals surface area (Å²) in [6.07, 6.45) is 8.24. The molecule has 0 saturated carbocycles. The van der Waals surface area contributed by atoms with Gasteiger partial charge in [-0.2, -0.15) is 0 Å². The molecule has 72 valence electrons. The Morgan fingerprint density at radius 1 is 1.54 bits per heavy atom. The van der Waals surface area contributed by atoms with Crippen molar-refractivity contribution in [3.63, 3.8) is 0 Å². The van der Waals surface area contributed by atoms with Crippen molar-refractivity contribution >= 4 is 12.0 Å². The summed E-state index contributed by atoms with van der Waals surface area (Å²) < 4.78 is 0. The highest BCUT2D eigenvalue weighted by atomic mass is 16.1. The lowest BCUT2D eigenvalue weighted by Gasteiger charge is -2.18. The van der Waals surface area contributed by atoms with E-state index in [-0.39, 0.29) is 0 Å². The Balaban J connectivity index is 2.33. The second-order valence-corrected chi connectivity index (χ2v) is 3.59. The summed E-state index contributed by atoms with van der Waals surface area (Å²) >= 11 is 0. The van der Waals surface area contributed by atoms with Crippen LogP contribution < -0.4 is 0 Å². The molecule has 0 aliphatic carbocycles. The highest BCUT2D eigenvalue weighted by Crippen LogP contribution is 2.20. The van der Waals surface area contributed by atoms with Crippen molar-refractivity contribution in [2.24, 2.45) is 16.8 Å². The Bertz CT molecular complexity index is 230. The zero-order valence-electron chi connectivity index (χ0n) is 8.36. The lowest BCUT2D eigenvalue weighted by atomic mass is 9.88. The summed E-state index contributed by atoms with van der Waals surface area (Å²) in [4.78, 5) is 15.2. The van der Waals surface area contributed by atoms with Crippen molar-refractivity contribution in [1.29, 1.82) is 0 Å². The highest BCUT2D eigenvalue weighted by Gasteiger charge is 2.15. The largest absolute Gasteiger partial charge is 0.300 e. The Hall–Kier alpha value is -0.920. The lowest BCUT2D eigenvalue weighted by Crippen LogP contribution is -2.14. The Morgan fingerprint density at radius 2 is 2.31 bits per heavy atom. The SMILES string of the molecule is CCC(=O)CC[C@H]1C=CN=CC1C. The van der Waals surface area contributed by atoms with E-state index in [1.807, 2.05) is 19.3 Å². The molecule has 0 N–H and O–H groups in total. The van der Waals surface area contributed by atoms with Crippen LogP contribution in [-0.2, 0) is 4.79 Å². The molecule has 0 amide bonds. The summed E-state index contributed by atoms with van der Waals surface area (Å²) in [5, 5.41) is 0. The van der Waals surface area contributed by atoms with E-state index in [9.17, 15) is 4.79 Å². The van der Waals surface area contributed by atoms with Gasteiger partial charge in [-0.1, -0.05) is 19.9 Å². The van der Waals surface area contributed by atoms with Crippen LogP contribution >= 0.6 is 0 Å². The van der Waals surface area contributed by atoms with Crippen LogP contribution in [0.4, 0.5) is 0 Å². The van der Waals surface area contributed by atoms with E-state index in [0.717, 1.165) is 6.42 Å². The highest BCUT2D eigenvalue weighted by molar-refractivity contribution is 5.78. The lowest BCUT2D eigenvalue weighted by molar-refractivity contribution is -0.119. The number of Topliss-reactive ketones (excluding diaryl/α,β-unsaturated/α-hetero) is 1. The maximum absolute atomic E-state index is 11.1. The fraction of sp³-hybridized carbons (Fsp3) is 0.636. The second kappa shape index (κ2) is 4.95. The third kappa shape index (κ3) is 3.13. The van der Waals surface area contributed by atoms with Gasteiger partial charge >= 0.3 is 0 Å². The molecule has 1 aliphatic rings. The first-order valence-corrected chi connectivity index (χ1v) is 4.95. The molecule has 0 aromatic carbocycles. The zero-order chi connectivity index (χ0) is 9.68. The topological polar surface area (TPSA) is 29.4 Å². The van der Waals surface area contributed by atoms with Crippen molar-refractivity contribution in [3.8, 4) is 0 Å². The van der Waals surface area contributed by atoms with E-state index in [4.69, 9.17) is 0 Å². The molecule has 0 spiro atoms. The number of ketones is 1. The fourth-order valence-corrected chi connectivity index (χ4v) is 1.50. The molecule has 1 heterocycles. The first-order chi connectivity index (χ1) is 6.24. The Kier molecular flexibility index (Phi) is 3.87. The minimum absolute atomic E-state index is 0.364. The quantitative estimate of drug-likeness (QED) is 0.652. The van der Waals surface area contributed by atoms with Crippen LogP contribution in [0, 0.1) is 11.8 Å². The van der Waals surface area contributed by atoms with E-state index >= 15 is 0 Å². The molecule has 2 heteroatoms. The molecule has 0 bridgehead atoms. The summed E-state index contributed by atoms with van der Waals surface area (Å²) in [6.45, 7) is 4.07. The first kappa shape index (κ1) is 10.2. The monoisotopic (exact) mass is 179 g/mol. The number of carbonyl (C=O) groups excluding carboxylic acids is 1. The van der Waals surface area contributed by atoms with Crippen LogP contribution in [0.5, 0.6) is 0 Å². The molecule has 0 fully saturated rings. The van der Waals surface area contributed by atoms with Crippen LogP contribution in [0.3, 0.4) is 0 Å². The van der Waals surface area contributed by atoms with E-state index in [1.165, 1.54) is 0 Å². The van der Waals surface area contributed by atoms with Gasteiger partial charge in [0, 0.05) is 25.3 Å². The predicted molar refractivity (Wildman–Crippen MR) is 54.8 cm³/mol. The van der Waals surface area contributed by atoms with Gasteiger partial charge in [0.15, 0.2) is 0 Å². The van der Waals surface area contributed by atoms with Gasteiger partial charge < -0.3 is 0 Å². The maximum atomic E-state index is 11.1. The smallest absolute Gasteiger partial charge is 0.132 e.